The summed E-state index contributed by atoms with van der Waals surface area (Å²) in [6, 6.07) is 13.9. The lowest BCUT2D eigenvalue weighted by molar-refractivity contribution is -0.116. The van der Waals surface area contributed by atoms with E-state index in [9.17, 15) is 4.79 Å². The highest BCUT2D eigenvalue weighted by molar-refractivity contribution is 7.13. The number of carbonyl (C=O) groups excluding carboxylic acids is 1. The molecule has 0 radical (unpaired) electrons. The van der Waals surface area contributed by atoms with Crippen molar-refractivity contribution in [3.05, 3.63) is 71.6 Å². The van der Waals surface area contributed by atoms with Gasteiger partial charge in [-0.1, -0.05) is 30.3 Å². The van der Waals surface area contributed by atoms with Gasteiger partial charge in [0.15, 0.2) is 5.13 Å². The van der Waals surface area contributed by atoms with E-state index in [1.165, 1.54) is 16.9 Å². The number of benzene rings is 1. The van der Waals surface area contributed by atoms with E-state index >= 15 is 0 Å². The number of amides is 1. The van der Waals surface area contributed by atoms with Crippen LogP contribution >= 0.6 is 11.3 Å². The van der Waals surface area contributed by atoms with Crippen LogP contribution in [-0.4, -0.2) is 10.9 Å². The van der Waals surface area contributed by atoms with Crippen molar-refractivity contribution < 1.29 is 9.21 Å². The van der Waals surface area contributed by atoms with Gasteiger partial charge in [0.2, 0.25) is 5.91 Å². The molecular weight excluding hydrogens is 296 g/mol. The molecule has 112 valence electrons. The number of aromatic nitrogens is 1. The maximum atomic E-state index is 12.2. The Bertz CT molecular complexity index is 694. The molecule has 1 atom stereocenters. The molecule has 1 aromatic carbocycles. The molecule has 3 rings (SSSR count). The van der Waals surface area contributed by atoms with Gasteiger partial charge in [-0.25, -0.2) is 4.98 Å². The SMILES string of the molecule is O=C(CC(Cc1ccccc1)c1ccco1)Nc1nccs1. The highest BCUT2D eigenvalue weighted by atomic mass is 32.1. The lowest BCUT2D eigenvalue weighted by Gasteiger charge is -2.14. The summed E-state index contributed by atoms with van der Waals surface area (Å²) in [7, 11) is 0. The number of thiazole rings is 1. The molecule has 1 N–H and O–H groups in total. The molecule has 0 saturated heterocycles. The third-order valence-corrected chi connectivity index (χ3v) is 4.07. The predicted molar refractivity (Wildman–Crippen MR) is 87.0 cm³/mol. The molecule has 22 heavy (non-hydrogen) atoms. The summed E-state index contributed by atoms with van der Waals surface area (Å²) >= 11 is 1.41. The fourth-order valence-electron chi connectivity index (χ4n) is 2.37. The van der Waals surface area contributed by atoms with Crippen molar-refractivity contribution in [2.75, 3.05) is 5.32 Å². The second-order valence-corrected chi connectivity index (χ2v) is 5.89. The Balaban J connectivity index is 1.70. The fourth-order valence-corrected chi connectivity index (χ4v) is 2.92. The number of furan rings is 1. The molecule has 2 aromatic heterocycles. The smallest absolute Gasteiger partial charge is 0.226 e. The minimum atomic E-state index is -0.0488. The molecule has 0 aliphatic rings. The molecule has 1 unspecified atom stereocenters. The van der Waals surface area contributed by atoms with Crippen LogP contribution in [-0.2, 0) is 11.2 Å². The minimum Gasteiger partial charge on any atom is -0.469 e. The van der Waals surface area contributed by atoms with E-state index < -0.39 is 0 Å². The first kappa shape index (κ1) is 14.5. The predicted octanol–water partition coefficient (Wildman–Crippen LogP) is 4.09. The van der Waals surface area contributed by atoms with E-state index in [2.05, 4.69) is 22.4 Å². The van der Waals surface area contributed by atoms with Crippen molar-refractivity contribution in [1.82, 2.24) is 4.98 Å². The van der Waals surface area contributed by atoms with E-state index in [-0.39, 0.29) is 11.8 Å². The summed E-state index contributed by atoms with van der Waals surface area (Å²) < 4.78 is 5.51. The zero-order valence-corrected chi connectivity index (χ0v) is 12.8. The maximum absolute atomic E-state index is 12.2. The van der Waals surface area contributed by atoms with Crippen LogP contribution < -0.4 is 5.32 Å². The number of nitrogens with zero attached hydrogens (tertiary/aromatic N) is 1. The molecule has 4 nitrogen and oxygen atoms in total. The first-order valence-corrected chi connectivity index (χ1v) is 7.96. The van der Waals surface area contributed by atoms with Crippen LogP contribution in [0.5, 0.6) is 0 Å². The number of carbonyl (C=O) groups is 1. The van der Waals surface area contributed by atoms with Crippen LogP contribution in [0.1, 0.15) is 23.7 Å². The molecule has 0 spiro atoms. The van der Waals surface area contributed by atoms with Crippen molar-refractivity contribution in [2.24, 2.45) is 0 Å². The first-order chi connectivity index (χ1) is 10.8. The summed E-state index contributed by atoms with van der Waals surface area (Å²) in [5.41, 5.74) is 1.19. The summed E-state index contributed by atoms with van der Waals surface area (Å²) in [5.74, 6) is 0.794. The van der Waals surface area contributed by atoms with Crippen molar-refractivity contribution >= 4 is 22.4 Å². The molecule has 2 heterocycles. The van der Waals surface area contributed by atoms with Crippen LogP contribution in [0.15, 0.2) is 64.7 Å². The molecule has 0 bridgehead atoms. The van der Waals surface area contributed by atoms with Crippen LogP contribution in [0.4, 0.5) is 5.13 Å². The highest BCUT2D eigenvalue weighted by Crippen LogP contribution is 2.25. The van der Waals surface area contributed by atoms with Gasteiger partial charge in [-0.15, -0.1) is 11.3 Å². The monoisotopic (exact) mass is 312 g/mol. The Morgan fingerprint density at radius 2 is 2.09 bits per heavy atom. The lowest BCUT2D eigenvalue weighted by atomic mass is 9.93. The molecule has 0 aliphatic carbocycles. The Morgan fingerprint density at radius 1 is 1.23 bits per heavy atom. The molecule has 0 aliphatic heterocycles. The molecule has 5 heteroatoms. The first-order valence-electron chi connectivity index (χ1n) is 7.08. The second kappa shape index (κ2) is 7.04. The van der Waals surface area contributed by atoms with Gasteiger partial charge in [0.05, 0.1) is 6.26 Å². The van der Waals surface area contributed by atoms with E-state index in [0.29, 0.717) is 11.6 Å². The van der Waals surface area contributed by atoms with Gasteiger partial charge >= 0.3 is 0 Å². The fraction of sp³-hybridized carbons (Fsp3) is 0.176. The molecule has 0 fully saturated rings. The number of nitrogens with one attached hydrogen (secondary N) is 1. The highest BCUT2D eigenvalue weighted by Gasteiger charge is 2.19. The summed E-state index contributed by atoms with van der Waals surface area (Å²) in [6.07, 6.45) is 4.45. The normalized spacial score (nSPS) is 12.0. The number of rotatable bonds is 6. The third-order valence-electron chi connectivity index (χ3n) is 3.38. The molecule has 3 aromatic rings. The van der Waals surface area contributed by atoms with Crippen molar-refractivity contribution in [3.63, 3.8) is 0 Å². The zero-order chi connectivity index (χ0) is 15.2. The minimum absolute atomic E-state index is 0.0114. The Labute approximate surface area is 132 Å². The second-order valence-electron chi connectivity index (χ2n) is 4.99. The van der Waals surface area contributed by atoms with Crippen LogP contribution in [0.25, 0.3) is 0 Å². The maximum Gasteiger partial charge on any atom is 0.226 e. The van der Waals surface area contributed by atoms with Gasteiger partial charge in [-0.2, -0.15) is 0 Å². The van der Waals surface area contributed by atoms with E-state index in [1.54, 1.807) is 12.5 Å². The summed E-state index contributed by atoms with van der Waals surface area (Å²) in [5, 5.41) is 5.29. The van der Waals surface area contributed by atoms with Gasteiger partial charge in [-0.05, 0) is 24.1 Å². The van der Waals surface area contributed by atoms with Crippen molar-refractivity contribution in [3.8, 4) is 0 Å². The van der Waals surface area contributed by atoms with Gasteiger partial charge in [0.25, 0.3) is 0 Å². The molecule has 1 amide bonds. The Hall–Kier alpha value is -2.40. The van der Waals surface area contributed by atoms with Gasteiger partial charge in [-0.3, -0.25) is 4.79 Å². The lowest BCUT2D eigenvalue weighted by Crippen LogP contribution is -2.16. The summed E-state index contributed by atoms with van der Waals surface area (Å²) in [6.45, 7) is 0. The number of anilines is 1. The van der Waals surface area contributed by atoms with E-state index in [0.717, 1.165) is 12.2 Å². The standard InChI is InChI=1S/C17H16N2O2S/c20-16(19-17-18-8-10-22-17)12-14(15-7-4-9-21-15)11-13-5-2-1-3-6-13/h1-10,14H,11-12H2,(H,18,19,20). The molecule has 0 saturated carbocycles. The Kier molecular flexibility index (Phi) is 4.65. The van der Waals surface area contributed by atoms with Gasteiger partial charge < -0.3 is 9.73 Å². The average molecular weight is 312 g/mol. The van der Waals surface area contributed by atoms with Crippen LogP contribution in [0.3, 0.4) is 0 Å². The number of hydrogen-bond donors (Lipinski definition) is 1. The van der Waals surface area contributed by atoms with Crippen LogP contribution in [0, 0.1) is 0 Å². The topological polar surface area (TPSA) is 55.1 Å². The zero-order valence-electron chi connectivity index (χ0n) is 11.9. The average Bonchev–Trinajstić information content (AvgIpc) is 3.21. The van der Waals surface area contributed by atoms with Crippen molar-refractivity contribution in [2.45, 2.75) is 18.8 Å². The summed E-state index contributed by atoms with van der Waals surface area (Å²) in [4.78, 5) is 16.3. The Morgan fingerprint density at radius 3 is 2.77 bits per heavy atom. The van der Waals surface area contributed by atoms with E-state index in [4.69, 9.17) is 4.42 Å². The van der Waals surface area contributed by atoms with Gasteiger partial charge in [0, 0.05) is 23.9 Å². The largest absolute Gasteiger partial charge is 0.469 e. The van der Waals surface area contributed by atoms with E-state index in [1.807, 2.05) is 35.7 Å². The van der Waals surface area contributed by atoms with Gasteiger partial charge in [0.1, 0.15) is 5.76 Å². The number of hydrogen-bond acceptors (Lipinski definition) is 4. The van der Waals surface area contributed by atoms with Crippen molar-refractivity contribution in [1.29, 1.82) is 0 Å². The van der Waals surface area contributed by atoms with Crippen LogP contribution in [0.2, 0.25) is 0 Å². The third kappa shape index (κ3) is 3.83. The molecular formula is C17H16N2O2S. The quantitative estimate of drug-likeness (QED) is 0.746.